The zero-order valence-corrected chi connectivity index (χ0v) is 18.1. The Kier molecular flexibility index (Phi) is 7.13. The standard InChI is InChI=1S/C25H34N4O/c1-20(25(30)27-14-12-21-7-3-2-4-8-21)29-17-15-28(16-18-29)19-23-10-5-9-22-11-6-13-26-24(22)23/h5-7,9-11,13,20H,2-4,8,12,14-19H2,1H3,(H,27,30)/t20-/m1/s1. The molecule has 2 aliphatic rings. The van der Waals surface area contributed by atoms with Crippen molar-refractivity contribution in [3.63, 3.8) is 0 Å². The van der Waals surface area contributed by atoms with Crippen molar-refractivity contribution < 1.29 is 4.79 Å². The first-order valence-electron chi connectivity index (χ1n) is 11.5. The fraction of sp³-hybridized carbons (Fsp3) is 0.520. The minimum atomic E-state index is -0.0632. The van der Waals surface area contributed by atoms with Gasteiger partial charge in [-0.1, -0.05) is 35.9 Å². The van der Waals surface area contributed by atoms with Gasteiger partial charge in [0.25, 0.3) is 0 Å². The van der Waals surface area contributed by atoms with E-state index in [1.54, 1.807) is 0 Å². The van der Waals surface area contributed by atoms with Crippen LogP contribution in [0.15, 0.2) is 48.2 Å². The Bertz CT molecular complexity index is 880. The van der Waals surface area contributed by atoms with Crippen molar-refractivity contribution in [2.45, 2.75) is 51.6 Å². The summed E-state index contributed by atoms with van der Waals surface area (Å²) in [5.41, 5.74) is 3.90. The number of rotatable bonds is 7. The molecular weight excluding hydrogens is 372 g/mol. The summed E-state index contributed by atoms with van der Waals surface area (Å²) in [4.78, 5) is 22.0. The second-order valence-electron chi connectivity index (χ2n) is 8.63. The van der Waals surface area contributed by atoms with Crippen molar-refractivity contribution in [2.75, 3.05) is 32.7 Å². The normalized spacial score (nSPS) is 19.4. The van der Waals surface area contributed by atoms with Crippen molar-refractivity contribution in [1.29, 1.82) is 0 Å². The van der Waals surface area contributed by atoms with E-state index >= 15 is 0 Å². The Morgan fingerprint density at radius 3 is 2.77 bits per heavy atom. The Morgan fingerprint density at radius 2 is 1.97 bits per heavy atom. The number of carbonyl (C=O) groups excluding carboxylic acids is 1. The maximum Gasteiger partial charge on any atom is 0.237 e. The number of allylic oxidation sites excluding steroid dienone is 1. The fourth-order valence-electron chi connectivity index (χ4n) is 4.64. The van der Waals surface area contributed by atoms with Crippen LogP contribution in [0.4, 0.5) is 0 Å². The minimum absolute atomic E-state index is 0.0632. The highest BCUT2D eigenvalue weighted by molar-refractivity contribution is 5.82. The van der Waals surface area contributed by atoms with Gasteiger partial charge in [0.15, 0.2) is 0 Å². The molecule has 1 amide bonds. The van der Waals surface area contributed by atoms with E-state index in [4.69, 9.17) is 0 Å². The zero-order valence-electron chi connectivity index (χ0n) is 18.1. The van der Waals surface area contributed by atoms with Crippen LogP contribution in [-0.4, -0.2) is 59.5 Å². The number of fused-ring (bicyclic) bond motifs is 1. The van der Waals surface area contributed by atoms with Gasteiger partial charge >= 0.3 is 0 Å². The average molecular weight is 407 g/mol. The van der Waals surface area contributed by atoms with Gasteiger partial charge in [-0.25, -0.2) is 0 Å². The van der Waals surface area contributed by atoms with Crippen LogP contribution >= 0.6 is 0 Å². The molecule has 1 fully saturated rings. The van der Waals surface area contributed by atoms with E-state index in [0.717, 1.165) is 51.2 Å². The van der Waals surface area contributed by atoms with Gasteiger partial charge in [-0.2, -0.15) is 0 Å². The molecule has 1 N–H and O–H groups in total. The first-order valence-corrected chi connectivity index (χ1v) is 11.5. The third-order valence-corrected chi connectivity index (χ3v) is 6.57. The SMILES string of the molecule is C[C@H](C(=O)NCCC1=CCCCC1)N1CCN(Cc2cccc3cccnc23)CC1. The summed E-state index contributed by atoms with van der Waals surface area (Å²) in [6, 6.07) is 10.5. The molecule has 0 unspecified atom stereocenters. The van der Waals surface area contributed by atoms with Gasteiger partial charge in [-0.15, -0.1) is 0 Å². The van der Waals surface area contributed by atoms with Crippen LogP contribution < -0.4 is 5.32 Å². The number of piperazine rings is 1. The maximum absolute atomic E-state index is 12.6. The average Bonchev–Trinajstić information content (AvgIpc) is 2.80. The summed E-state index contributed by atoms with van der Waals surface area (Å²) in [6.07, 6.45) is 10.3. The second-order valence-corrected chi connectivity index (χ2v) is 8.63. The molecule has 160 valence electrons. The summed E-state index contributed by atoms with van der Waals surface area (Å²) in [7, 11) is 0. The number of nitrogens with zero attached hydrogens (tertiary/aromatic N) is 3. The highest BCUT2D eigenvalue weighted by Gasteiger charge is 2.25. The number of hydrogen-bond donors (Lipinski definition) is 1. The lowest BCUT2D eigenvalue weighted by atomic mass is 9.97. The number of pyridine rings is 1. The lowest BCUT2D eigenvalue weighted by Gasteiger charge is -2.37. The molecule has 5 heteroatoms. The first kappa shape index (κ1) is 21.0. The van der Waals surface area contributed by atoms with Gasteiger partial charge in [0.2, 0.25) is 5.91 Å². The van der Waals surface area contributed by atoms with Gasteiger partial charge in [0, 0.05) is 50.9 Å². The highest BCUT2D eigenvalue weighted by Crippen LogP contribution is 2.20. The smallest absolute Gasteiger partial charge is 0.237 e. The minimum Gasteiger partial charge on any atom is -0.354 e. The molecule has 2 aromatic rings. The first-order chi connectivity index (χ1) is 14.7. The molecule has 1 saturated heterocycles. The predicted molar refractivity (Wildman–Crippen MR) is 122 cm³/mol. The monoisotopic (exact) mass is 406 g/mol. The molecular formula is C25H34N4O. The number of para-hydroxylation sites is 1. The summed E-state index contributed by atoms with van der Waals surface area (Å²) in [5, 5.41) is 4.35. The Labute approximate surface area is 180 Å². The van der Waals surface area contributed by atoms with Crippen LogP contribution in [0.1, 0.15) is 44.6 Å². The fourth-order valence-corrected chi connectivity index (χ4v) is 4.64. The molecule has 5 nitrogen and oxygen atoms in total. The van der Waals surface area contributed by atoms with Crippen LogP contribution in [-0.2, 0) is 11.3 Å². The lowest BCUT2D eigenvalue weighted by Crippen LogP contribution is -2.53. The van der Waals surface area contributed by atoms with Gasteiger partial charge in [-0.05, 0) is 50.7 Å². The molecule has 1 aliphatic carbocycles. The van der Waals surface area contributed by atoms with E-state index in [2.05, 4.69) is 50.4 Å². The van der Waals surface area contributed by atoms with Crippen molar-refractivity contribution in [3.8, 4) is 0 Å². The summed E-state index contributed by atoms with van der Waals surface area (Å²) in [6.45, 7) is 7.54. The number of carbonyl (C=O) groups is 1. The van der Waals surface area contributed by atoms with E-state index in [9.17, 15) is 4.79 Å². The Balaban J connectivity index is 1.23. The van der Waals surface area contributed by atoms with E-state index < -0.39 is 0 Å². The zero-order chi connectivity index (χ0) is 20.8. The third kappa shape index (κ3) is 5.27. The molecule has 1 aliphatic heterocycles. The molecule has 0 radical (unpaired) electrons. The molecule has 2 heterocycles. The number of nitrogens with one attached hydrogen (secondary N) is 1. The molecule has 4 rings (SSSR count). The summed E-state index contributed by atoms with van der Waals surface area (Å²) < 4.78 is 0. The second kappa shape index (κ2) is 10.2. The number of benzene rings is 1. The van der Waals surface area contributed by atoms with Gasteiger partial charge in [0.1, 0.15) is 0 Å². The van der Waals surface area contributed by atoms with Crippen molar-refractivity contribution in [3.05, 3.63) is 53.7 Å². The van der Waals surface area contributed by atoms with Crippen molar-refractivity contribution in [2.24, 2.45) is 0 Å². The third-order valence-electron chi connectivity index (χ3n) is 6.57. The molecule has 0 saturated carbocycles. The van der Waals surface area contributed by atoms with Gasteiger partial charge in [0.05, 0.1) is 11.6 Å². The van der Waals surface area contributed by atoms with Gasteiger partial charge in [-0.3, -0.25) is 19.6 Å². The summed E-state index contributed by atoms with van der Waals surface area (Å²) in [5.74, 6) is 0.165. The number of amides is 1. The topological polar surface area (TPSA) is 48.5 Å². The van der Waals surface area contributed by atoms with E-state index in [1.807, 2.05) is 19.2 Å². The van der Waals surface area contributed by atoms with E-state index in [1.165, 1.54) is 42.2 Å². The largest absolute Gasteiger partial charge is 0.354 e. The van der Waals surface area contributed by atoms with Crippen LogP contribution in [0.25, 0.3) is 10.9 Å². The maximum atomic E-state index is 12.6. The van der Waals surface area contributed by atoms with Crippen LogP contribution in [0.5, 0.6) is 0 Å². The van der Waals surface area contributed by atoms with Crippen LogP contribution in [0, 0.1) is 0 Å². The molecule has 1 atom stereocenters. The number of hydrogen-bond acceptors (Lipinski definition) is 4. The molecule has 0 spiro atoms. The predicted octanol–water partition coefficient (Wildman–Crippen LogP) is 3.75. The van der Waals surface area contributed by atoms with Gasteiger partial charge < -0.3 is 5.32 Å². The highest BCUT2D eigenvalue weighted by atomic mass is 16.2. The molecule has 0 bridgehead atoms. The van der Waals surface area contributed by atoms with E-state index in [0.29, 0.717) is 0 Å². The van der Waals surface area contributed by atoms with Crippen molar-refractivity contribution >= 4 is 16.8 Å². The van der Waals surface area contributed by atoms with Crippen LogP contribution in [0.3, 0.4) is 0 Å². The lowest BCUT2D eigenvalue weighted by molar-refractivity contribution is -0.126. The van der Waals surface area contributed by atoms with E-state index in [-0.39, 0.29) is 11.9 Å². The van der Waals surface area contributed by atoms with Crippen LogP contribution in [0.2, 0.25) is 0 Å². The van der Waals surface area contributed by atoms with Crippen molar-refractivity contribution in [1.82, 2.24) is 20.1 Å². The summed E-state index contributed by atoms with van der Waals surface area (Å²) >= 11 is 0. The Hall–Kier alpha value is -2.24. The Morgan fingerprint density at radius 1 is 1.13 bits per heavy atom. The molecule has 30 heavy (non-hydrogen) atoms. The quantitative estimate of drug-likeness (QED) is 0.712. The number of aromatic nitrogens is 1. The molecule has 1 aromatic heterocycles. The molecule has 1 aromatic carbocycles.